The van der Waals surface area contributed by atoms with Gasteiger partial charge in [0.05, 0.1) is 23.6 Å². The highest BCUT2D eigenvalue weighted by atomic mass is 32.2. The van der Waals surface area contributed by atoms with Gasteiger partial charge in [0.2, 0.25) is 10.0 Å². The van der Waals surface area contributed by atoms with E-state index in [4.69, 9.17) is 5.26 Å². The van der Waals surface area contributed by atoms with Gasteiger partial charge in [-0.25, -0.2) is 8.42 Å². The average molecular weight is 398 g/mol. The Morgan fingerprint density at radius 2 is 1.93 bits per heavy atom. The van der Waals surface area contributed by atoms with Crippen LogP contribution in [0.4, 0.5) is 5.69 Å². The van der Waals surface area contributed by atoms with Crippen LogP contribution in [-0.2, 0) is 23.0 Å². The first-order chi connectivity index (χ1) is 13.3. The van der Waals surface area contributed by atoms with E-state index in [0.29, 0.717) is 42.9 Å². The van der Waals surface area contributed by atoms with E-state index in [1.165, 1.54) is 10.6 Å². The first kappa shape index (κ1) is 19.9. The fourth-order valence-corrected chi connectivity index (χ4v) is 4.42. The highest BCUT2D eigenvalue weighted by Gasteiger charge is 2.27. The van der Waals surface area contributed by atoms with Gasteiger partial charge >= 0.3 is 0 Å². The third-order valence-corrected chi connectivity index (χ3v) is 6.00. The van der Waals surface area contributed by atoms with Crippen molar-refractivity contribution >= 4 is 21.6 Å². The number of nitriles is 1. The highest BCUT2D eigenvalue weighted by molar-refractivity contribution is 7.92. The van der Waals surface area contributed by atoms with Gasteiger partial charge in [0.15, 0.2) is 0 Å². The second-order valence-corrected chi connectivity index (χ2v) is 8.87. The first-order valence-electron chi connectivity index (χ1n) is 9.22. The number of carbonyl (C=O) groups is 1. The number of carbonyl (C=O) groups excluding carboxylic acids is 1. The number of fused-ring (bicyclic) bond motifs is 1. The predicted molar refractivity (Wildman–Crippen MR) is 109 cm³/mol. The Morgan fingerprint density at radius 1 is 1.21 bits per heavy atom. The molecule has 0 unspecified atom stereocenters. The molecule has 0 aromatic heterocycles. The maximum atomic E-state index is 13.1. The van der Waals surface area contributed by atoms with E-state index in [9.17, 15) is 13.2 Å². The maximum absolute atomic E-state index is 13.1. The van der Waals surface area contributed by atoms with Gasteiger partial charge in [-0.15, -0.1) is 0 Å². The third kappa shape index (κ3) is 4.18. The molecule has 7 heteroatoms. The van der Waals surface area contributed by atoms with Crippen LogP contribution in [0.15, 0.2) is 42.5 Å². The van der Waals surface area contributed by atoms with Crippen LogP contribution in [0.5, 0.6) is 0 Å². The summed E-state index contributed by atoms with van der Waals surface area (Å²) in [5.41, 5.74) is 3.66. The molecular weight excluding hydrogens is 374 g/mol. The van der Waals surface area contributed by atoms with Gasteiger partial charge < -0.3 is 4.90 Å². The van der Waals surface area contributed by atoms with Crippen LogP contribution in [0.2, 0.25) is 0 Å². The fraction of sp³-hybridized carbons (Fsp3) is 0.333. The Balaban J connectivity index is 1.83. The minimum absolute atomic E-state index is 0.0770. The summed E-state index contributed by atoms with van der Waals surface area (Å²) in [4.78, 5) is 14.9. The summed E-state index contributed by atoms with van der Waals surface area (Å²) in [6.07, 6.45) is 2.63. The number of amides is 1. The summed E-state index contributed by atoms with van der Waals surface area (Å²) < 4.78 is 25.2. The highest BCUT2D eigenvalue weighted by Crippen LogP contribution is 2.31. The lowest BCUT2D eigenvalue weighted by atomic mass is 10.1. The van der Waals surface area contributed by atoms with Crippen LogP contribution < -0.4 is 4.31 Å². The van der Waals surface area contributed by atoms with E-state index in [2.05, 4.69) is 6.07 Å². The molecule has 146 valence electrons. The number of nitrogens with zero attached hydrogens (tertiary/aromatic N) is 3. The van der Waals surface area contributed by atoms with Crippen molar-refractivity contribution in [2.75, 3.05) is 23.7 Å². The number of hydrogen-bond acceptors (Lipinski definition) is 4. The minimum atomic E-state index is -3.31. The lowest BCUT2D eigenvalue weighted by Gasteiger charge is -2.23. The molecule has 2 aromatic carbocycles. The van der Waals surface area contributed by atoms with E-state index in [1.807, 2.05) is 25.1 Å². The summed E-state index contributed by atoms with van der Waals surface area (Å²) in [6, 6.07) is 14.5. The second kappa shape index (κ2) is 8.03. The SMILES string of the molecule is CCCN(Cc1ccc(C#N)cc1)C(=O)c1ccc2c(c1)CCN2S(C)(=O)=O. The molecule has 1 amide bonds. The van der Waals surface area contributed by atoms with Crippen molar-refractivity contribution < 1.29 is 13.2 Å². The van der Waals surface area contributed by atoms with E-state index in [1.54, 1.807) is 29.2 Å². The van der Waals surface area contributed by atoms with Crippen LogP contribution >= 0.6 is 0 Å². The van der Waals surface area contributed by atoms with E-state index < -0.39 is 10.0 Å². The fourth-order valence-electron chi connectivity index (χ4n) is 3.46. The summed E-state index contributed by atoms with van der Waals surface area (Å²) >= 11 is 0. The van der Waals surface area contributed by atoms with Crippen LogP contribution in [0.3, 0.4) is 0 Å². The van der Waals surface area contributed by atoms with Gasteiger partial charge in [-0.3, -0.25) is 9.10 Å². The number of benzene rings is 2. The molecule has 28 heavy (non-hydrogen) atoms. The first-order valence-corrected chi connectivity index (χ1v) is 11.1. The Morgan fingerprint density at radius 3 is 2.54 bits per heavy atom. The normalized spacial score (nSPS) is 13.1. The van der Waals surface area contributed by atoms with Crippen molar-refractivity contribution in [2.45, 2.75) is 26.3 Å². The molecule has 2 aromatic rings. The van der Waals surface area contributed by atoms with E-state index in [0.717, 1.165) is 17.5 Å². The quantitative estimate of drug-likeness (QED) is 0.750. The van der Waals surface area contributed by atoms with Crippen LogP contribution in [0.1, 0.15) is 40.4 Å². The van der Waals surface area contributed by atoms with Crippen molar-refractivity contribution in [1.29, 1.82) is 5.26 Å². The van der Waals surface area contributed by atoms with Gasteiger partial charge in [0.25, 0.3) is 5.91 Å². The van der Waals surface area contributed by atoms with Gasteiger partial charge in [-0.05, 0) is 54.3 Å². The number of anilines is 1. The van der Waals surface area contributed by atoms with Gasteiger partial charge in [-0.2, -0.15) is 5.26 Å². The van der Waals surface area contributed by atoms with Gasteiger partial charge in [0, 0.05) is 25.2 Å². The summed E-state index contributed by atoms with van der Waals surface area (Å²) in [5.74, 6) is -0.0770. The molecule has 0 spiro atoms. The molecule has 0 aliphatic carbocycles. The molecule has 0 bridgehead atoms. The summed E-state index contributed by atoms with van der Waals surface area (Å²) in [5, 5.41) is 8.92. The van der Waals surface area contributed by atoms with E-state index in [-0.39, 0.29) is 5.91 Å². The van der Waals surface area contributed by atoms with Crippen molar-refractivity contribution in [3.05, 3.63) is 64.7 Å². The van der Waals surface area contributed by atoms with Gasteiger partial charge in [0.1, 0.15) is 0 Å². The maximum Gasteiger partial charge on any atom is 0.254 e. The molecule has 0 saturated heterocycles. The minimum Gasteiger partial charge on any atom is -0.334 e. The van der Waals surface area contributed by atoms with Crippen molar-refractivity contribution in [3.8, 4) is 6.07 Å². The molecular formula is C21H23N3O3S. The standard InChI is InChI=1S/C21H23N3O3S/c1-3-11-23(15-17-6-4-16(14-22)5-7-17)21(25)19-8-9-20-18(13-19)10-12-24(20)28(2,26)27/h4-9,13H,3,10-12,15H2,1-2H3. The Kier molecular flexibility index (Phi) is 5.71. The number of hydrogen-bond donors (Lipinski definition) is 0. The third-order valence-electron chi connectivity index (χ3n) is 4.82. The molecule has 6 nitrogen and oxygen atoms in total. The number of sulfonamides is 1. The van der Waals surface area contributed by atoms with Crippen molar-refractivity contribution in [2.24, 2.45) is 0 Å². The largest absolute Gasteiger partial charge is 0.334 e. The predicted octanol–water partition coefficient (Wildman–Crippen LogP) is 2.93. The molecule has 1 aliphatic rings. The van der Waals surface area contributed by atoms with Crippen LogP contribution in [0.25, 0.3) is 0 Å². The molecule has 0 saturated carbocycles. The zero-order valence-electron chi connectivity index (χ0n) is 16.1. The monoisotopic (exact) mass is 397 g/mol. The molecule has 0 atom stereocenters. The average Bonchev–Trinajstić information content (AvgIpc) is 3.11. The summed E-state index contributed by atoms with van der Waals surface area (Å²) in [6.45, 7) is 3.51. The Hall–Kier alpha value is -2.85. The lowest BCUT2D eigenvalue weighted by molar-refractivity contribution is 0.0743. The van der Waals surface area contributed by atoms with Crippen molar-refractivity contribution in [1.82, 2.24) is 4.90 Å². The van der Waals surface area contributed by atoms with E-state index >= 15 is 0 Å². The molecule has 0 radical (unpaired) electrons. The summed E-state index contributed by atoms with van der Waals surface area (Å²) in [7, 11) is -3.31. The molecule has 1 heterocycles. The van der Waals surface area contributed by atoms with Crippen LogP contribution in [0, 0.1) is 11.3 Å². The molecule has 3 rings (SSSR count). The topological polar surface area (TPSA) is 81.5 Å². The van der Waals surface area contributed by atoms with Gasteiger partial charge in [-0.1, -0.05) is 19.1 Å². The van der Waals surface area contributed by atoms with Crippen molar-refractivity contribution in [3.63, 3.8) is 0 Å². The van der Waals surface area contributed by atoms with Crippen LogP contribution in [-0.4, -0.2) is 38.6 Å². The lowest BCUT2D eigenvalue weighted by Crippen LogP contribution is -2.31. The smallest absolute Gasteiger partial charge is 0.254 e. The zero-order chi connectivity index (χ0) is 20.3. The zero-order valence-corrected chi connectivity index (χ0v) is 16.9. The molecule has 0 N–H and O–H groups in total. The Labute approximate surface area is 166 Å². The molecule has 1 aliphatic heterocycles. The number of rotatable bonds is 6. The second-order valence-electron chi connectivity index (χ2n) is 6.96. The molecule has 0 fully saturated rings. The Bertz CT molecular complexity index is 1020.